The third kappa shape index (κ3) is 4.84. The van der Waals surface area contributed by atoms with Gasteiger partial charge in [-0.1, -0.05) is 78.9 Å². The Hall–Kier alpha value is -5.26. The van der Waals surface area contributed by atoms with Gasteiger partial charge in [-0.15, -0.1) is 11.3 Å². The molecule has 0 aliphatic heterocycles. The highest BCUT2D eigenvalue weighted by molar-refractivity contribution is 7.21. The summed E-state index contributed by atoms with van der Waals surface area (Å²) < 4.78 is 1.06. The summed E-state index contributed by atoms with van der Waals surface area (Å²) in [7, 11) is 0. The molecule has 0 aliphatic carbocycles. The molecule has 5 aromatic carbocycles. The highest BCUT2D eigenvalue weighted by Crippen LogP contribution is 2.42. The summed E-state index contributed by atoms with van der Waals surface area (Å²) in [4.78, 5) is 11.9. The number of aromatic nitrogens is 2. The van der Waals surface area contributed by atoms with E-state index in [1.54, 1.807) is 17.4 Å². The summed E-state index contributed by atoms with van der Waals surface area (Å²) >= 11 is 1.59. The molecule has 0 fully saturated rings. The molecule has 0 aliphatic rings. The van der Waals surface area contributed by atoms with Crippen molar-refractivity contribution in [1.82, 2.24) is 9.97 Å². The summed E-state index contributed by atoms with van der Waals surface area (Å²) in [6, 6.07) is 47.0. The number of pyridine rings is 1. The highest BCUT2D eigenvalue weighted by atomic mass is 32.1. The van der Waals surface area contributed by atoms with E-state index in [0.29, 0.717) is 0 Å². The van der Waals surface area contributed by atoms with Crippen LogP contribution in [0, 0.1) is 0 Å². The number of anilines is 3. The second-order valence-electron chi connectivity index (χ2n) is 9.68. The van der Waals surface area contributed by atoms with Gasteiger partial charge in [-0.25, -0.2) is 9.97 Å². The van der Waals surface area contributed by atoms with Gasteiger partial charge in [0, 0.05) is 23.1 Å². The van der Waals surface area contributed by atoms with Crippen LogP contribution in [0.5, 0.6) is 5.75 Å². The number of benzene rings is 5. The number of thiazole rings is 1. The first-order chi connectivity index (χ1) is 20.2. The zero-order chi connectivity index (χ0) is 27.6. The summed E-state index contributed by atoms with van der Waals surface area (Å²) in [6.45, 7) is 0. The van der Waals surface area contributed by atoms with E-state index in [4.69, 9.17) is 4.98 Å². The number of hydrogen-bond acceptors (Lipinski definition) is 5. The molecule has 2 aromatic heterocycles. The summed E-state index contributed by atoms with van der Waals surface area (Å²) in [5, 5.41) is 11.4. The first-order valence-corrected chi connectivity index (χ1v) is 14.2. The standard InChI is InChI=1S/C36H25N3OS/c40-32-19-8-7-18-30(32)36-38-35-31(23-27(24-33(35)41-36)25-12-3-1-4-13-25)26-14-11-17-29(22-26)39(28-15-5-2-6-16-28)34-20-9-10-21-37-34/h1-24,40H. The Kier molecular flexibility index (Phi) is 6.47. The number of phenolic OH excluding ortho intramolecular Hbond substituents is 1. The van der Waals surface area contributed by atoms with Crippen molar-refractivity contribution in [2.45, 2.75) is 0 Å². The number of phenols is 1. The second-order valence-corrected chi connectivity index (χ2v) is 10.7. The molecule has 0 saturated carbocycles. The molecule has 0 spiro atoms. The van der Waals surface area contributed by atoms with Crippen molar-refractivity contribution in [2.24, 2.45) is 0 Å². The third-order valence-electron chi connectivity index (χ3n) is 7.04. The molecule has 41 heavy (non-hydrogen) atoms. The minimum atomic E-state index is 0.229. The normalized spacial score (nSPS) is 11.0. The lowest BCUT2D eigenvalue weighted by molar-refractivity contribution is 0.477. The van der Waals surface area contributed by atoms with Crippen LogP contribution in [0.25, 0.3) is 43.0 Å². The van der Waals surface area contributed by atoms with Gasteiger partial charge in [-0.2, -0.15) is 0 Å². The smallest absolute Gasteiger partial charge is 0.137 e. The van der Waals surface area contributed by atoms with Crippen LogP contribution in [0.2, 0.25) is 0 Å². The monoisotopic (exact) mass is 547 g/mol. The zero-order valence-corrected chi connectivity index (χ0v) is 22.9. The lowest BCUT2D eigenvalue weighted by atomic mass is 9.97. The van der Waals surface area contributed by atoms with Crippen molar-refractivity contribution in [2.75, 3.05) is 4.90 Å². The molecule has 2 heterocycles. The molecule has 0 bridgehead atoms. The van der Waals surface area contributed by atoms with Gasteiger partial charge in [0.2, 0.25) is 0 Å². The largest absolute Gasteiger partial charge is 0.507 e. The molecule has 1 N–H and O–H groups in total. The van der Waals surface area contributed by atoms with Gasteiger partial charge in [0.15, 0.2) is 0 Å². The van der Waals surface area contributed by atoms with Gasteiger partial charge in [0.25, 0.3) is 0 Å². The molecular formula is C36H25N3OS. The van der Waals surface area contributed by atoms with E-state index < -0.39 is 0 Å². The number of rotatable bonds is 6. The Bertz CT molecular complexity index is 1910. The molecule has 0 saturated heterocycles. The molecule has 0 unspecified atom stereocenters. The van der Waals surface area contributed by atoms with Crippen LogP contribution in [0.3, 0.4) is 0 Å². The summed E-state index contributed by atoms with van der Waals surface area (Å²) in [5.41, 5.74) is 8.03. The van der Waals surface area contributed by atoms with E-state index in [9.17, 15) is 5.11 Å². The lowest BCUT2D eigenvalue weighted by Gasteiger charge is -2.24. The molecule has 4 nitrogen and oxygen atoms in total. The lowest BCUT2D eigenvalue weighted by Crippen LogP contribution is -2.11. The maximum atomic E-state index is 10.6. The quantitative estimate of drug-likeness (QED) is 0.225. The Morgan fingerprint density at radius 3 is 2.05 bits per heavy atom. The topological polar surface area (TPSA) is 49.3 Å². The van der Waals surface area contributed by atoms with Crippen molar-refractivity contribution in [3.8, 4) is 38.6 Å². The van der Waals surface area contributed by atoms with E-state index in [1.807, 2.05) is 66.9 Å². The van der Waals surface area contributed by atoms with Gasteiger partial charge in [0.1, 0.15) is 16.6 Å². The molecular weight excluding hydrogens is 522 g/mol. The van der Waals surface area contributed by atoms with Crippen molar-refractivity contribution >= 4 is 38.7 Å². The average molecular weight is 548 g/mol. The summed E-state index contributed by atoms with van der Waals surface area (Å²) in [6.07, 6.45) is 1.82. The number of hydrogen-bond donors (Lipinski definition) is 1. The Morgan fingerprint density at radius 2 is 1.27 bits per heavy atom. The predicted octanol–water partition coefficient (Wildman–Crippen LogP) is 9.87. The predicted molar refractivity (Wildman–Crippen MR) is 170 cm³/mol. The van der Waals surface area contributed by atoms with Crippen LogP contribution in [-0.4, -0.2) is 15.1 Å². The Morgan fingerprint density at radius 1 is 0.561 bits per heavy atom. The van der Waals surface area contributed by atoms with E-state index in [2.05, 4.69) is 82.7 Å². The SMILES string of the molecule is Oc1ccccc1-c1nc2c(-c3cccc(N(c4ccccc4)c4ccccn4)c3)cc(-c3ccccc3)cc2s1. The molecule has 0 radical (unpaired) electrons. The van der Waals surface area contributed by atoms with Crippen LogP contribution in [0.15, 0.2) is 146 Å². The first kappa shape index (κ1) is 24.8. The van der Waals surface area contributed by atoms with Crippen molar-refractivity contribution < 1.29 is 5.11 Å². The fourth-order valence-electron chi connectivity index (χ4n) is 5.11. The van der Waals surface area contributed by atoms with Crippen molar-refractivity contribution in [3.63, 3.8) is 0 Å². The highest BCUT2D eigenvalue weighted by Gasteiger charge is 2.18. The first-order valence-electron chi connectivity index (χ1n) is 13.4. The maximum Gasteiger partial charge on any atom is 0.137 e. The average Bonchev–Trinajstić information content (AvgIpc) is 3.47. The molecule has 7 rings (SSSR count). The number of fused-ring (bicyclic) bond motifs is 1. The Balaban J connectivity index is 1.43. The molecule has 7 aromatic rings. The maximum absolute atomic E-state index is 10.6. The van der Waals surface area contributed by atoms with E-state index in [1.165, 1.54) is 0 Å². The molecule has 0 atom stereocenters. The van der Waals surface area contributed by atoms with Gasteiger partial charge in [-0.3, -0.25) is 4.90 Å². The fraction of sp³-hybridized carbons (Fsp3) is 0. The third-order valence-corrected chi connectivity index (χ3v) is 8.08. The summed E-state index contributed by atoms with van der Waals surface area (Å²) in [5.74, 6) is 1.07. The van der Waals surface area contributed by atoms with E-state index in [-0.39, 0.29) is 5.75 Å². The molecule has 0 amide bonds. The fourth-order valence-corrected chi connectivity index (χ4v) is 6.17. The Labute approximate surface area is 242 Å². The van der Waals surface area contributed by atoms with Crippen molar-refractivity contribution in [1.29, 1.82) is 0 Å². The van der Waals surface area contributed by atoms with Gasteiger partial charge >= 0.3 is 0 Å². The minimum Gasteiger partial charge on any atom is -0.507 e. The van der Waals surface area contributed by atoms with Crippen LogP contribution >= 0.6 is 11.3 Å². The van der Waals surface area contributed by atoms with Crippen LogP contribution in [0.1, 0.15) is 0 Å². The number of para-hydroxylation sites is 2. The van der Waals surface area contributed by atoms with Crippen LogP contribution in [-0.2, 0) is 0 Å². The van der Waals surface area contributed by atoms with Crippen molar-refractivity contribution in [3.05, 3.63) is 146 Å². The minimum absolute atomic E-state index is 0.229. The van der Waals surface area contributed by atoms with Gasteiger partial charge < -0.3 is 5.11 Å². The molecule has 196 valence electrons. The zero-order valence-electron chi connectivity index (χ0n) is 22.1. The van der Waals surface area contributed by atoms with E-state index in [0.717, 1.165) is 60.2 Å². The second kappa shape index (κ2) is 10.7. The van der Waals surface area contributed by atoms with Crippen LogP contribution in [0.4, 0.5) is 17.2 Å². The molecule has 5 heteroatoms. The van der Waals surface area contributed by atoms with E-state index >= 15 is 0 Å². The number of nitrogens with zero attached hydrogens (tertiary/aromatic N) is 3. The van der Waals surface area contributed by atoms with Crippen LogP contribution < -0.4 is 4.90 Å². The number of aromatic hydroxyl groups is 1. The van der Waals surface area contributed by atoms with Gasteiger partial charge in [0.05, 0.1) is 15.8 Å². The van der Waals surface area contributed by atoms with Gasteiger partial charge in [-0.05, 0) is 77.4 Å².